The Bertz CT molecular complexity index is 598. The zero-order chi connectivity index (χ0) is 12.4. The van der Waals surface area contributed by atoms with Crippen molar-refractivity contribution < 1.29 is 13.2 Å². The number of halogens is 3. The van der Waals surface area contributed by atoms with Crippen molar-refractivity contribution >= 4 is 11.3 Å². The first kappa shape index (κ1) is 11.7. The van der Waals surface area contributed by atoms with Crippen LogP contribution in [0.1, 0.15) is 5.56 Å². The smallest absolute Gasteiger partial charge is 0.177 e. The van der Waals surface area contributed by atoms with Gasteiger partial charge >= 0.3 is 0 Å². The molecule has 0 radical (unpaired) electrons. The maximum atomic E-state index is 13.7. The van der Waals surface area contributed by atoms with Crippen LogP contribution in [-0.4, -0.2) is 0 Å². The second kappa shape index (κ2) is 4.60. The molecule has 0 bridgehead atoms. The molecule has 0 aliphatic rings. The van der Waals surface area contributed by atoms with Gasteiger partial charge in [-0.05, 0) is 11.6 Å². The largest absolute Gasteiger partial charge is 0.203 e. The number of hydrogen-bond acceptors (Lipinski definition) is 2. The number of nitrogens with zero attached hydrogens (tertiary/aromatic N) is 1. The molecule has 1 aromatic carbocycles. The molecule has 1 nitrogen and oxygen atoms in total. The molecule has 86 valence electrons. The number of hydrogen-bond donors (Lipinski definition) is 0. The lowest BCUT2D eigenvalue weighted by atomic mass is 10.0. The number of nitriles is 1. The molecule has 1 heterocycles. The quantitative estimate of drug-likeness (QED) is 0.796. The Kier molecular flexibility index (Phi) is 3.16. The average molecular weight is 253 g/mol. The van der Waals surface area contributed by atoms with Crippen LogP contribution in [0.25, 0.3) is 11.1 Å². The summed E-state index contributed by atoms with van der Waals surface area (Å²) in [5, 5.41) is 9.39. The Morgan fingerprint density at radius 3 is 2.53 bits per heavy atom. The zero-order valence-corrected chi connectivity index (χ0v) is 9.32. The second-order valence-electron chi connectivity index (χ2n) is 3.37. The first-order valence-electron chi connectivity index (χ1n) is 4.71. The summed E-state index contributed by atoms with van der Waals surface area (Å²) in [6, 6.07) is 5.59. The van der Waals surface area contributed by atoms with Gasteiger partial charge in [0.05, 0.1) is 12.5 Å². The number of thiophene rings is 1. The highest BCUT2D eigenvalue weighted by molar-refractivity contribution is 7.08. The second-order valence-corrected chi connectivity index (χ2v) is 4.24. The molecule has 0 N–H and O–H groups in total. The average Bonchev–Trinajstić information content (AvgIpc) is 2.72. The van der Waals surface area contributed by atoms with Gasteiger partial charge in [-0.3, -0.25) is 0 Å². The Balaban J connectivity index is 2.51. The maximum Gasteiger partial charge on any atom is 0.177 e. The third kappa shape index (κ3) is 2.17. The summed E-state index contributed by atoms with van der Waals surface area (Å²) >= 11 is 0.820. The van der Waals surface area contributed by atoms with Crippen LogP contribution in [0.15, 0.2) is 23.6 Å². The minimum atomic E-state index is -1.05. The number of rotatable bonds is 2. The predicted octanol–water partition coefficient (Wildman–Crippen LogP) is 3.90. The van der Waals surface area contributed by atoms with Gasteiger partial charge < -0.3 is 0 Å². The van der Waals surface area contributed by atoms with E-state index in [1.54, 1.807) is 6.07 Å². The van der Waals surface area contributed by atoms with Crippen LogP contribution in [0, 0.1) is 28.1 Å². The fourth-order valence-corrected chi connectivity index (χ4v) is 2.11. The topological polar surface area (TPSA) is 23.8 Å². The van der Waals surface area contributed by atoms with Gasteiger partial charge in [0.2, 0.25) is 0 Å². The van der Waals surface area contributed by atoms with Crippen LogP contribution in [-0.2, 0) is 6.42 Å². The van der Waals surface area contributed by atoms with Crippen molar-refractivity contribution in [2.75, 3.05) is 0 Å². The van der Waals surface area contributed by atoms with Gasteiger partial charge in [-0.1, -0.05) is 12.1 Å². The fourth-order valence-electron chi connectivity index (χ4n) is 1.49. The van der Waals surface area contributed by atoms with Gasteiger partial charge in [0, 0.05) is 16.5 Å². The molecule has 5 heteroatoms. The predicted molar refractivity (Wildman–Crippen MR) is 58.9 cm³/mol. The van der Waals surface area contributed by atoms with Gasteiger partial charge in [0.1, 0.15) is 0 Å². The van der Waals surface area contributed by atoms with Crippen LogP contribution < -0.4 is 0 Å². The summed E-state index contributed by atoms with van der Waals surface area (Å²) in [6.45, 7) is 0. The van der Waals surface area contributed by atoms with Crippen molar-refractivity contribution in [2.24, 2.45) is 0 Å². The van der Waals surface area contributed by atoms with Crippen LogP contribution in [0.4, 0.5) is 13.2 Å². The van der Waals surface area contributed by atoms with Crippen molar-refractivity contribution in [1.29, 1.82) is 5.26 Å². The van der Waals surface area contributed by atoms with Crippen molar-refractivity contribution in [2.45, 2.75) is 6.42 Å². The molecule has 0 spiro atoms. The first-order chi connectivity index (χ1) is 8.13. The first-order valence-corrected chi connectivity index (χ1v) is 5.59. The minimum absolute atomic E-state index is 0.00402. The summed E-state index contributed by atoms with van der Waals surface area (Å²) in [4.78, 5) is 0. The van der Waals surface area contributed by atoms with E-state index in [1.165, 1.54) is 17.5 Å². The lowest BCUT2D eigenvalue weighted by Crippen LogP contribution is -1.95. The molecule has 0 aliphatic heterocycles. The lowest BCUT2D eigenvalue weighted by Gasteiger charge is -2.04. The molecule has 0 fully saturated rings. The molecule has 0 saturated carbocycles. The molecular formula is C12H6F3NS. The maximum absolute atomic E-state index is 13.7. The van der Waals surface area contributed by atoms with Gasteiger partial charge in [-0.15, -0.1) is 11.3 Å². The Labute approximate surface area is 99.7 Å². The van der Waals surface area contributed by atoms with Crippen molar-refractivity contribution in [1.82, 2.24) is 0 Å². The highest BCUT2D eigenvalue weighted by Crippen LogP contribution is 2.29. The van der Waals surface area contributed by atoms with Gasteiger partial charge in [-0.25, -0.2) is 8.78 Å². The highest BCUT2D eigenvalue weighted by Gasteiger charge is 2.15. The lowest BCUT2D eigenvalue weighted by molar-refractivity contribution is 0.504. The summed E-state index contributed by atoms with van der Waals surface area (Å²) in [5.41, 5.74) is 0.307. The van der Waals surface area contributed by atoms with Gasteiger partial charge in [0.25, 0.3) is 0 Å². The summed E-state index contributed by atoms with van der Waals surface area (Å²) in [5.74, 6) is -2.09. The van der Waals surface area contributed by atoms with Crippen LogP contribution in [0.2, 0.25) is 0 Å². The highest BCUT2D eigenvalue weighted by atomic mass is 32.1. The van der Waals surface area contributed by atoms with E-state index in [-0.39, 0.29) is 17.5 Å². The van der Waals surface area contributed by atoms with E-state index in [0.29, 0.717) is 5.56 Å². The van der Waals surface area contributed by atoms with E-state index < -0.39 is 16.8 Å². The summed E-state index contributed by atoms with van der Waals surface area (Å²) in [7, 11) is 0. The molecule has 0 aliphatic carbocycles. The van der Waals surface area contributed by atoms with E-state index in [1.807, 2.05) is 0 Å². The van der Waals surface area contributed by atoms with E-state index >= 15 is 0 Å². The molecule has 0 saturated heterocycles. The van der Waals surface area contributed by atoms with Gasteiger partial charge in [0.15, 0.2) is 16.8 Å². The van der Waals surface area contributed by atoms with Crippen molar-refractivity contribution in [3.05, 3.63) is 45.9 Å². The molecule has 1 aromatic heterocycles. The normalized spacial score (nSPS) is 10.2. The standard InChI is InChI=1S/C12H6F3NS/c13-10-5-8(6-17-10)9-2-1-7(3-4-16)11(14)12(9)15/h1-2,5-6H,3H2. The van der Waals surface area contributed by atoms with E-state index in [9.17, 15) is 13.2 Å². The molecule has 17 heavy (non-hydrogen) atoms. The third-order valence-electron chi connectivity index (χ3n) is 2.31. The molecule has 2 aromatic rings. The Hall–Kier alpha value is -1.80. The number of benzene rings is 1. The molecular weight excluding hydrogens is 247 g/mol. The molecule has 2 rings (SSSR count). The molecule has 0 atom stereocenters. The minimum Gasteiger partial charge on any atom is -0.203 e. The SMILES string of the molecule is N#CCc1ccc(-c2csc(F)c2)c(F)c1F. The van der Waals surface area contributed by atoms with Crippen molar-refractivity contribution in [3.8, 4) is 17.2 Å². The van der Waals surface area contributed by atoms with Crippen LogP contribution in [0.3, 0.4) is 0 Å². The molecule has 0 amide bonds. The Morgan fingerprint density at radius 1 is 1.18 bits per heavy atom. The van der Waals surface area contributed by atoms with Crippen LogP contribution in [0.5, 0.6) is 0 Å². The van der Waals surface area contributed by atoms with E-state index in [4.69, 9.17) is 5.26 Å². The van der Waals surface area contributed by atoms with Crippen LogP contribution >= 0.6 is 11.3 Å². The van der Waals surface area contributed by atoms with E-state index in [0.717, 1.165) is 17.4 Å². The van der Waals surface area contributed by atoms with E-state index in [2.05, 4.69) is 0 Å². The zero-order valence-electron chi connectivity index (χ0n) is 8.51. The summed E-state index contributed by atoms with van der Waals surface area (Å²) in [6.07, 6.45) is -0.193. The van der Waals surface area contributed by atoms with Gasteiger partial charge in [-0.2, -0.15) is 9.65 Å². The third-order valence-corrected chi connectivity index (χ3v) is 3.03. The summed E-state index contributed by atoms with van der Waals surface area (Å²) < 4.78 is 40.0. The monoisotopic (exact) mass is 253 g/mol. The Morgan fingerprint density at radius 2 is 1.94 bits per heavy atom. The molecule has 0 unspecified atom stereocenters. The fraction of sp³-hybridized carbons (Fsp3) is 0.0833. The van der Waals surface area contributed by atoms with Crippen molar-refractivity contribution in [3.63, 3.8) is 0 Å².